The third kappa shape index (κ3) is 5.83. The van der Waals surface area contributed by atoms with Gasteiger partial charge in [-0.05, 0) is 74.1 Å². The number of carbonyl (C=O) groups excluding carboxylic acids is 2. The van der Waals surface area contributed by atoms with Crippen molar-refractivity contribution >= 4 is 40.5 Å². The van der Waals surface area contributed by atoms with Gasteiger partial charge in [-0.1, -0.05) is 29.8 Å². The van der Waals surface area contributed by atoms with Gasteiger partial charge in [0.05, 0.1) is 12.7 Å². The molecule has 4 rings (SSSR count). The molecule has 0 atom stereocenters. The lowest BCUT2D eigenvalue weighted by Gasteiger charge is -2.36. The van der Waals surface area contributed by atoms with Crippen LogP contribution in [0.1, 0.15) is 31.8 Å². The van der Waals surface area contributed by atoms with Crippen molar-refractivity contribution in [1.82, 2.24) is 10.2 Å². The number of thiocarbonyl (C=S) groups is 1. The SMILES string of the molecule is COc1c(C)cccc1C(=O)NC(=S)Nc1ccc(N2CCN(C(=O)c3ccc(C)cc3)CC2)cc1. The Hall–Kier alpha value is -3.91. The van der Waals surface area contributed by atoms with Crippen molar-refractivity contribution in [2.45, 2.75) is 13.8 Å². The predicted octanol–water partition coefficient (Wildman–Crippen LogP) is 4.40. The molecule has 7 nitrogen and oxygen atoms in total. The Labute approximate surface area is 217 Å². The number of hydrogen-bond acceptors (Lipinski definition) is 5. The van der Waals surface area contributed by atoms with Crippen LogP contribution < -0.4 is 20.3 Å². The Bertz CT molecular complexity index is 1250. The van der Waals surface area contributed by atoms with Crippen LogP contribution >= 0.6 is 12.2 Å². The van der Waals surface area contributed by atoms with Crippen LogP contribution in [-0.2, 0) is 0 Å². The molecule has 8 heteroatoms. The fourth-order valence-corrected chi connectivity index (χ4v) is 4.45. The second-order valence-electron chi connectivity index (χ2n) is 8.76. The van der Waals surface area contributed by atoms with Gasteiger partial charge >= 0.3 is 0 Å². The minimum Gasteiger partial charge on any atom is -0.496 e. The lowest BCUT2D eigenvalue weighted by Crippen LogP contribution is -2.48. The quantitative estimate of drug-likeness (QED) is 0.504. The van der Waals surface area contributed by atoms with Gasteiger partial charge in [0.15, 0.2) is 5.11 Å². The maximum absolute atomic E-state index is 12.8. The Morgan fingerprint density at radius 3 is 2.19 bits per heavy atom. The molecule has 186 valence electrons. The summed E-state index contributed by atoms with van der Waals surface area (Å²) in [5, 5.41) is 5.97. The molecule has 0 unspecified atom stereocenters. The van der Waals surface area contributed by atoms with Gasteiger partial charge in [-0.2, -0.15) is 0 Å². The number of piperazine rings is 1. The van der Waals surface area contributed by atoms with E-state index in [9.17, 15) is 9.59 Å². The van der Waals surface area contributed by atoms with E-state index in [-0.39, 0.29) is 16.9 Å². The number of amides is 2. The molecule has 3 aromatic rings. The molecule has 1 fully saturated rings. The van der Waals surface area contributed by atoms with Crippen LogP contribution in [0.3, 0.4) is 0 Å². The van der Waals surface area contributed by atoms with E-state index < -0.39 is 0 Å². The van der Waals surface area contributed by atoms with Crippen molar-refractivity contribution in [3.63, 3.8) is 0 Å². The largest absolute Gasteiger partial charge is 0.496 e. The number of ether oxygens (including phenoxy) is 1. The number of aryl methyl sites for hydroxylation is 2. The van der Waals surface area contributed by atoms with Gasteiger partial charge in [0.2, 0.25) is 0 Å². The van der Waals surface area contributed by atoms with Crippen molar-refractivity contribution in [2.75, 3.05) is 43.5 Å². The summed E-state index contributed by atoms with van der Waals surface area (Å²) in [4.78, 5) is 29.6. The van der Waals surface area contributed by atoms with Crippen molar-refractivity contribution < 1.29 is 14.3 Å². The Kier molecular flexibility index (Phi) is 7.85. The average Bonchev–Trinajstić information content (AvgIpc) is 2.89. The second-order valence-corrected chi connectivity index (χ2v) is 9.16. The van der Waals surface area contributed by atoms with E-state index in [1.54, 1.807) is 19.2 Å². The first-order valence-electron chi connectivity index (χ1n) is 11.8. The van der Waals surface area contributed by atoms with Gasteiger partial charge in [-0.3, -0.25) is 14.9 Å². The molecule has 1 aliphatic rings. The number of anilines is 2. The van der Waals surface area contributed by atoms with Gasteiger partial charge in [-0.15, -0.1) is 0 Å². The predicted molar refractivity (Wildman–Crippen MR) is 147 cm³/mol. The van der Waals surface area contributed by atoms with Crippen LogP contribution in [0.15, 0.2) is 66.7 Å². The molecule has 0 saturated carbocycles. The number of carbonyl (C=O) groups is 2. The van der Waals surface area contributed by atoms with Crippen molar-refractivity contribution in [3.05, 3.63) is 89.0 Å². The molecule has 36 heavy (non-hydrogen) atoms. The van der Waals surface area contributed by atoms with Crippen LogP contribution in [0.5, 0.6) is 5.75 Å². The van der Waals surface area contributed by atoms with Crippen LogP contribution in [-0.4, -0.2) is 55.1 Å². The Balaban J connectivity index is 1.30. The molecule has 1 heterocycles. The molecule has 0 aliphatic carbocycles. The van der Waals surface area contributed by atoms with E-state index in [1.165, 1.54) is 0 Å². The minimum absolute atomic E-state index is 0.0769. The van der Waals surface area contributed by atoms with Gasteiger partial charge < -0.3 is 19.9 Å². The average molecular weight is 503 g/mol. The number of methoxy groups -OCH3 is 1. The molecule has 0 radical (unpaired) electrons. The first kappa shape index (κ1) is 25.2. The zero-order valence-corrected chi connectivity index (χ0v) is 21.5. The van der Waals surface area contributed by atoms with Gasteiger partial charge in [0.1, 0.15) is 5.75 Å². The van der Waals surface area contributed by atoms with E-state index in [1.807, 2.05) is 73.3 Å². The summed E-state index contributed by atoms with van der Waals surface area (Å²) in [5.74, 6) is 0.276. The summed E-state index contributed by atoms with van der Waals surface area (Å²) in [6.07, 6.45) is 0. The molecule has 0 bridgehead atoms. The minimum atomic E-state index is -0.331. The molecule has 1 saturated heterocycles. The molecule has 3 aromatic carbocycles. The van der Waals surface area contributed by atoms with Crippen LogP contribution in [0, 0.1) is 13.8 Å². The number of nitrogens with one attached hydrogen (secondary N) is 2. The highest BCUT2D eigenvalue weighted by Crippen LogP contribution is 2.23. The van der Waals surface area contributed by atoms with E-state index >= 15 is 0 Å². The van der Waals surface area contributed by atoms with E-state index in [4.69, 9.17) is 17.0 Å². The molecular weight excluding hydrogens is 472 g/mol. The van der Waals surface area contributed by atoms with E-state index in [2.05, 4.69) is 15.5 Å². The highest BCUT2D eigenvalue weighted by Gasteiger charge is 2.22. The van der Waals surface area contributed by atoms with Crippen molar-refractivity contribution in [1.29, 1.82) is 0 Å². The number of benzene rings is 3. The third-order valence-electron chi connectivity index (χ3n) is 6.24. The summed E-state index contributed by atoms with van der Waals surface area (Å²) >= 11 is 5.34. The Morgan fingerprint density at radius 1 is 0.889 bits per heavy atom. The summed E-state index contributed by atoms with van der Waals surface area (Å²) in [7, 11) is 1.54. The maximum atomic E-state index is 12.8. The first-order valence-corrected chi connectivity index (χ1v) is 12.2. The van der Waals surface area contributed by atoms with Crippen LogP contribution in [0.25, 0.3) is 0 Å². The second kappa shape index (κ2) is 11.2. The molecule has 2 amide bonds. The number of hydrogen-bond donors (Lipinski definition) is 2. The number of nitrogens with zero attached hydrogens (tertiary/aromatic N) is 2. The zero-order valence-electron chi connectivity index (χ0n) is 20.7. The normalized spacial score (nSPS) is 13.2. The van der Waals surface area contributed by atoms with Crippen molar-refractivity contribution in [3.8, 4) is 5.75 Å². The van der Waals surface area contributed by atoms with Gasteiger partial charge in [0.25, 0.3) is 11.8 Å². The number of para-hydroxylation sites is 1. The highest BCUT2D eigenvalue weighted by molar-refractivity contribution is 7.80. The first-order chi connectivity index (χ1) is 17.4. The topological polar surface area (TPSA) is 73.9 Å². The summed E-state index contributed by atoms with van der Waals surface area (Å²) in [6, 6.07) is 21.0. The lowest BCUT2D eigenvalue weighted by atomic mass is 10.1. The third-order valence-corrected chi connectivity index (χ3v) is 6.45. The van der Waals surface area contributed by atoms with Gasteiger partial charge in [-0.25, -0.2) is 0 Å². The summed E-state index contributed by atoms with van der Waals surface area (Å²) in [5.41, 5.74) is 5.02. The maximum Gasteiger partial charge on any atom is 0.261 e. The van der Waals surface area contributed by atoms with Crippen LogP contribution in [0.4, 0.5) is 11.4 Å². The molecular formula is C28H30N4O3S. The zero-order chi connectivity index (χ0) is 25.7. The van der Waals surface area contributed by atoms with Crippen LogP contribution in [0.2, 0.25) is 0 Å². The standard InChI is InChI=1S/C28H30N4O3S/c1-19-7-9-21(10-8-19)27(34)32-17-15-31(16-18-32)23-13-11-22(12-14-23)29-28(36)30-26(33)24-6-4-5-20(2)25(24)35-3/h4-14H,15-18H2,1-3H3,(H2,29,30,33,36). The summed E-state index contributed by atoms with van der Waals surface area (Å²) in [6.45, 7) is 6.76. The lowest BCUT2D eigenvalue weighted by molar-refractivity contribution is 0.0746. The molecule has 2 N–H and O–H groups in total. The van der Waals surface area contributed by atoms with E-state index in [0.29, 0.717) is 24.4 Å². The smallest absolute Gasteiger partial charge is 0.261 e. The number of rotatable bonds is 5. The molecule has 1 aliphatic heterocycles. The van der Waals surface area contributed by atoms with E-state index in [0.717, 1.165) is 41.2 Å². The van der Waals surface area contributed by atoms with Crippen molar-refractivity contribution in [2.24, 2.45) is 0 Å². The fourth-order valence-electron chi connectivity index (χ4n) is 4.24. The summed E-state index contributed by atoms with van der Waals surface area (Å²) < 4.78 is 5.36. The van der Waals surface area contributed by atoms with Gasteiger partial charge in [0, 0.05) is 43.1 Å². The monoisotopic (exact) mass is 502 g/mol. The molecule has 0 spiro atoms. The Morgan fingerprint density at radius 2 is 1.56 bits per heavy atom. The fraction of sp³-hybridized carbons (Fsp3) is 0.250. The highest BCUT2D eigenvalue weighted by atomic mass is 32.1. The molecule has 0 aromatic heterocycles.